The number of rotatable bonds is 6. The Balaban J connectivity index is 1.64. The van der Waals surface area contributed by atoms with Crippen LogP contribution in [0, 0.1) is 0 Å². The summed E-state index contributed by atoms with van der Waals surface area (Å²) in [7, 11) is 0.444. The van der Waals surface area contributed by atoms with Crippen molar-refractivity contribution in [1.82, 2.24) is 9.55 Å². The average Bonchev–Trinajstić information content (AvgIpc) is 3.11. The van der Waals surface area contributed by atoms with Crippen LogP contribution in [0.25, 0.3) is 11.0 Å². The van der Waals surface area contributed by atoms with Crippen LogP contribution in [0.5, 0.6) is 0 Å². The molecular weight excluding hydrogens is 418 g/mol. The maximum atomic E-state index is 13.0. The molecule has 3 aromatic carbocycles. The third kappa shape index (κ3) is 4.30. The van der Waals surface area contributed by atoms with E-state index in [1.165, 1.54) is 0 Å². The van der Waals surface area contributed by atoms with Crippen molar-refractivity contribution in [1.29, 1.82) is 0 Å². The van der Waals surface area contributed by atoms with E-state index in [1.807, 2.05) is 59.2 Å². The van der Waals surface area contributed by atoms with Crippen LogP contribution in [-0.4, -0.2) is 26.7 Å². The fourth-order valence-electron chi connectivity index (χ4n) is 3.24. The summed E-state index contributed by atoms with van der Waals surface area (Å²) in [6, 6.07) is 24.0. The monoisotopic (exact) mass is 437 g/mol. The molecule has 0 aliphatic heterocycles. The minimum atomic E-state index is -1.31. The van der Waals surface area contributed by atoms with Gasteiger partial charge in [0, 0.05) is 22.7 Å². The summed E-state index contributed by atoms with van der Waals surface area (Å²) in [4.78, 5) is 19.9. The highest BCUT2D eigenvalue weighted by Gasteiger charge is 2.19. The highest BCUT2D eigenvalue weighted by Crippen LogP contribution is 2.21. The average molecular weight is 438 g/mol. The van der Waals surface area contributed by atoms with Gasteiger partial charge in [-0.1, -0.05) is 41.9 Å². The summed E-state index contributed by atoms with van der Waals surface area (Å²) in [6.45, 7) is 0.110. The Morgan fingerprint density at radius 1 is 1.00 bits per heavy atom. The number of fused-ring (bicyclic) bond motifs is 1. The van der Waals surface area contributed by atoms with Gasteiger partial charge in [-0.3, -0.25) is 9.00 Å². The topological polar surface area (TPSA) is 55.2 Å². The number of hydrogen-bond acceptors (Lipinski definition) is 3. The number of carbonyl (C=O) groups excluding carboxylic acids is 1. The van der Waals surface area contributed by atoms with E-state index in [4.69, 9.17) is 11.6 Å². The second-order valence-corrected chi connectivity index (χ2v) is 8.72. The van der Waals surface area contributed by atoms with Crippen molar-refractivity contribution in [2.45, 2.75) is 17.2 Å². The molecule has 30 heavy (non-hydrogen) atoms. The molecule has 0 spiro atoms. The molecule has 1 atom stereocenters. The van der Waals surface area contributed by atoms with Gasteiger partial charge in [0.15, 0.2) is 0 Å². The van der Waals surface area contributed by atoms with Gasteiger partial charge in [0.05, 0.1) is 27.6 Å². The zero-order valence-electron chi connectivity index (χ0n) is 16.4. The van der Waals surface area contributed by atoms with Gasteiger partial charge >= 0.3 is 0 Å². The lowest BCUT2D eigenvalue weighted by molar-refractivity contribution is -0.118. The fraction of sp³-hybridized carbons (Fsp3) is 0.130. The number of aromatic nitrogens is 2. The number of likely N-dealkylation sites (N-methyl/N-ethyl adjacent to an activating group) is 1. The molecule has 5 nitrogen and oxygen atoms in total. The summed E-state index contributed by atoms with van der Waals surface area (Å²) < 4.78 is 14.8. The minimum Gasteiger partial charge on any atom is -0.318 e. The molecule has 1 aromatic heterocycles. The Morgan fingerprint density at radius 2 is 1.67 bits per heavy atom. The van der Waals surface area contributed by atoms with E-state index in [-0.39, 0.29) is 18.2 Å². The summed E-state index contributed by atoms with van der Waals surface area (Å²) in [6.07, 6.45) is 0. The van der Waals surface area contributed by atoms with Crippen LogP contribution in [0.3, 0.4) is 0 Å². The molecule has 152 valence electrons. The molecule has 4 rings (SSSR count). The van der Waals surface area contributed by atoms with Gasteiger partial charge in [-0.05, 0) is 48.5 Å². The van der Waals surface area contributed by atoms with E-state index >= 15 is 0 Å². The Bertz CT molecular complexity index is 1210. The lowest BCUT2D eigenvalue weighted by Gasteiger charge is -2.18. The molecule has 0 saturated heterocycles. The highest BCUT2D eigenvalue weighted by molar-refractivity contribution is 7.84. The third-order valence-electron chi connectivity index (χ3n) is 4.88. The summed E-state index contributed by atoms with van der Waals surface area (Å²) in [5.74, 6) is 0.737. The molecule has 0 unspecified atom stereocenters. The largest absolute Gasteiger partial charge is 0.318 e. The van der Waals surface area contributed by atoms with E-state index in [9.17, 15) is 9.00 Å². The van der Waals surface area contributed by atoms with Crippen molar-refractivity contribution >= 4 is 45.0 Å². The molecule has 7 heteroatoms. The second kappa shape index (κ2) is 8.81. The van der Waals surface area contributed by atoms with Gasteiger partial charge in [0.1, 0.15) is 12.4 Å². The maximum absolute atomic E-state index is 13.0. The van der Waals surface area contributed by atoms with Crippen LogP contribution in [0.15, 0.2) is 83.8 Å². The van der Waals surface area contributed by atoms with Crippen molar-refractivity contribution in [2.75, 3.05) is 11.9 Å². The van der Waals surface area contributed by atoms with E-state index in [0.717, 1.165) is 16.7 Å². The van der Waals surface area contributed by atoms with Gasteiger partial charge < -0.3 is 9.47 Å². The lowest BCUT2D eigenvalue weighted by atomic mass is 10.3. The molecule has 0 saturated carbocycles. The number of halogens is 1. The summed E-state index contributed by atoms with van der Waals surface area (Å²) in [5, 5.41) is 0.595. The predicted molar refractivity (Wildman–Crippen MR) is 121 cm³/mol. The molecule has 0 radical (unpaired) electrons. The first-order valence-corrected chi connectivity index (χ1v) is 11.1. The Morgan fingerprint density at radius 3 is 2.40 bits per heavy atom. The zero-order valence-corrected chi connectivity index (χ0v) is 17.9. The van der Waals surface area contributed by atoms with Crippen LogP contribution in [0.2, 0.25) is 5.02 Å². The van der Waals surface area contributed by atoms with Crippen molar-refractivity contribution < 1.29 is 9.00 Å². The number of imidazole rings is 1. The predicted octanol–water partition coefficient (Wildman–Crippen LogP) is 4.66. The smallest absolute Gasteiger partial charge is 0.246 e. The normalized spacial score (nSPS) is 12.1. The minimum absolute atomic E-state index is 0.0807. The van der Waals surface area contributed by atoms with Gasteiger partial charge in [0.25, 0.3) is 0 Å². The number of benzene rings is 3. The number of carbonyl (C=O) groups is 1. The van der Waals surface area contributed by atoms with Gasteiger partial charge in [-0.25, -0.2) is 4.98 Å². The van der Waals surface area contributed by atoms with E-state index in [1.54, 1.807) is 36.2 Å². The van der Waals surface area contributed by atoms with Crippen molar-refractivity contribution in [3.8, 4) is 0 Å². The summed E-state index contributed by atoms with van der Waals surface area (Å²) >= 11 is 5.94. The van der Waals surface area contributed by atoms with Gasteiger partial charge in [-0.15, -0.1) is 0 Å². The number of para-hydroxylation sites is 3. The molecule has 4 aromatic rings. The van der Waals surface area contributed by atoms with Gasteiger partial charge in [0.2, 0.25) is 5.91 Å². The third-order valence-corrected chi connectivity index (χ3v) is 6.45. The first-order valence-electron chi connectivity index (χ1n) is 9.42. The Hall–Kier alpha value is -2.96. The van der Waals surface area contributed by atoms with E-state index < -0.39 is 10.8 Å². The van der Waals surface area contributed by atoms with Crippen LogP contribution in [0.4, 0.5) is 5.69 Å². The van der Waals surface area contributed by atoms with Crippen LogP contribution >= 0.6 is 11.6 Å². The Kier molecular flexibility index (Phi) is 5.97. The highest BCUT2D eigenvalue weighted by atomic mass is 35.5. The first-order chi connectivity index (χ1) is 14.5. The van der Waals surface area contributed by atoms with Crippen molar-refractivity contribution in [2.24, 2.45) is 0 Å². The zero-order chi connectivity index (χ0) is 21.1. The molecule has 0 N–H and O–H groups in total. The number of hydrogen-bond donors (Lipinski definition) is 0. The molecule has 1 amide bonds. The molecule has 0 aliphatic carbocycles. The van der Waals surface area contributed by atoms with E-state index in [2.05, 4.69) is 4.98 Å². The quantitative estimate of drug-likeness (QED) is 0.440. The number of anilines is 1. The molecular formula is C23H20ClN3O2S. The number of amides is 1. The Labute approximate surface area is 182 Å². The molecule has 0 aliphatic rings. The molecule has 0 fully saturated rings. The molecule has 0 bridgehead atoms. The second-order valence-electron chi connectivity index (χ2n) is 6.83. The van der Waals surface area contributed by atoms with Crippen LogP contribution < -0.4 is 4.90 Å². The maximum Gasteiger partial charge on any atom is 0.246 e. The molecule has 1 heterocycles. The summed E-state index contributed by atoms with van der Waals surface area (Å²) in [5.41, 5.74) is 2.43. The SMILES string of the molecule is CN(C(=O)Cn1c(C[S@@](=O)c2ccc(Cl)cc2)nc2ccccc21)c1ccccc1. The lowest BCUT2D eigenvalue weighted by Crippen LogP contribution is -2.30. The number of nitrogens with zero attached hydrogens (tertiary/aromatic N) is 3. The van der Waals surface area contributed by atoms with Crippen LogP contribution in [-0.2, 0) is 27.9 Å². The van der Waals surface area contributed by atoms with E-state index in [0.29, 0.717) is 15.7 Å². The first kappa shape index (κ1) is 20.3. The van der Waals surface area contributed by atoms with Gasteiger partial charge in [-0.2, -0.15) is 0 Å². The standard InChI is InChI=1S/C23H20ClN3O2S/c1-26(18-7-3-2-4-8-18)23(28)15-27-21-10-6-5-9-20(21)25-22(27)16-30(29)19-13-11-17(24)12-14-19/h2-14H,15-16H2,1H3/t30-/m1/s1. The van der Waals surface area contributed by atoms with Crippen LogP contribution in [0.1, 0.15) is 5.82 Å². The van der Waals surface area contributed by atoms with Crippen molar-refractivity contribution in [3.05, 3.63) is 89.7 Å². The fourth-order valence-corrected chi connectivity index (χ4v) is 4.42. The van der Waals surface area contributed by atoms with Crippen molar-refractivity contribution in [3.63, 3.8) is 0 Å².